The number of nitrogens with zero attached hydrogens (tertiary/aromatic N) is 1. The Morgan fingerprint density at radius 3 is 2.46 bits per heavy atom. The Morgan fingerprint density at radius 2 is 1.88 bits per heavy atom. The first kappa shape index (κ1) is 19.6. The normalized spacial score (nSPS) is 17.1. The first-order valence-electron chi connectivity index (χ1n) is 8.93. The molecule has 2 amide bonds. The van der Waals surface area contributed by atoms with Gasteiger partial charge in [-0.2, -0.15) is 0 Å². The number of hydrogen-bond donors (Lipinski definition) is 2. The van der Waals surface area contributed by atoms with Crippen LogP contribution in [0.5, 0.6) is 0 Å². The number of hydrogen-bond acceptors (Lipinski definition) is 4. The van der Waals surface area contributed by atoms with Crippen molar-refractivity contribution >= 4 is 17.7 Å². The van der Waals surface area contributed by atoms with Crippen molar-refractivity contribution in [2.45, 2.75) is 33.7 Å². The smallest absolute Gasteiger partial charge is 0.338 e. The van der Waals surface area contributed by atoms with E-state index in [4.69, 9.17) is 4.74 Å². The molecule has 0 fully saturated rings. The topological polar surface area (TPSA) is 70.7 Å². The van der Waals surface area contributed by atoms with Crippen LogP contribution in [0.3, 0.4) is 0 Å². The van der Waals surface area contributed by atoms with Crippen molar-refractivity contribution in [1.82, 2.24) is 10.6 Å². The van der Waals surface area contributed by atoms with E-state index in [-0.39, 0.29) is 12.6 Å². The number of rotatable bonds is 7. The first-order valence-corrected chi connectivity index (χ1v) is 8.93. The van der Waals surface area contributed by atoms with E-state index in [9.17, 15) is 9.59 Å². The van der Waals surface area contributed by atoms with Gasteiger partial charge in [-0.15, -0.1) is 0 Å². The zero-order chi connectivity index (χ0) is 19.1. The van der Waals surface area contributed by atoms with Crippen LogP contribution in [0.25, 0.3) is 0 Å². The maximum absolute atomic E-state index is 12.5. The van der Waals surface area contributed by atoms with Crippen molar-refractivity contribution in [3.8, 4) is 0 Å². The van der Waals surface area contributed by atoms with Gasteiger partial charge in [-0.3, -0.25) is 0 Å². The van der Waals surface area contributed by atoms with Crippen LogP contribution >= 0.6 is 0 Å². The molecule has 1 aromatic carbocycles. The summed E-state index contributed by atoms with van der Waals surface area (Å²) in [7, 11) is 0. The number of benzene rings is 1. The highest BCUT2D eigenvalue weighted by Crippen LogP contribution is 2.29. The molecule has 140 valence electrons. The van der Waals surface area contributed by atoms with E-state index < -0.39 is 12.0 Å². The summed E-state index contributed by atoms with van der Waals surface area (Å²) in [5.41, 5.74) is 2.88. The summed E-state index contributed by atoms with van der Waals surface area (Å²) >= 11 is 0. The van der Waals surface area contributed by atoms with Gasteiger partial charge in [0.15, 0.2) is 0 Å². The summed E-state index contributed by atoms with van der Waals surface area (Å²) in [5.74, 6) is -0.439. The molecule has 1 heterocycles. The number of nitrogens with one attached hydrogen (secondary N) is 2. The molecule has 2 N–H and O–H groups in total. The van der Waals surface area contributed by atoms with Crippen molar-refractivity contribution in [2.75, 3.05) is 24.6 Å². The van der Waals surface area contributed by atoms with E-state index in [0.717, 1.165) is 24.3 Å². The van der Waals surface area contributed by atoms with Gasteiger partial charge in [0.05, 0.1) is 11.6 Å². The molecule has 0 saturated carbocycles. The first-order chi connectivity index (χ1) is 12.5. The summed E-state index contributed by atoms with van der Waals surface area (Å²) in [6.07, 6.45) is 3.58. The average molecular weight is 357 g/mol. The fourth-order valence-electron chi connectivity index (χ4n) is 2.98. The van der Waals surface area contributed by atoms with Gasteiger partial charge in [0.2, 0.25) is 0 Å². The Morgan fingerprint density at radius 1 is 1.23 bits per heavy atom. The highest BCUT2D eigenvalue weighted by molar-refractivity contribution is 5.95. The molecule has 0 bridgehead atoms. The molecule has 1 atom stereocenters. The highest BCUT2D eigenvalue weighted by atomic mass is 16.5. The summed E-state index contributed by atoms with van der Waals surface area (Å²) in [6, 6.07) is 7.04. The molecule has 0 unspecified atom stereocenters. The molecule has 26 heavy (non-hydrogen) atoms. The molecule has 0 radical (unpaired) electrons. The zero-order valence-electron chi connectivity index (χ0n) is 15.8. The number of carbonyl (C=O) groups excluding carboxylic acids is 2. The predicted octanol–water partition coefficient (Wildman–Crippen LogP) is 3.28. The van der Waals surface area contributed by atoms with Gasteiger partial charge < -0.3 is 20.3 Å². The quantitative estimate of drug-likeness (QED) is 0.580. The van der Waals surface area contributed by atoms with Gasteiger partial charge in [0.1, 0.15) is 6.61 Å². The third-order valence-corrected chi connectivity index (χ3v) is 4.39. The second kappa shape index (κ2) is 9.08. The molecule has 1 aliphatic rings. The van der Waals surface area contributed by atoms with E-state index in [2.05, 4.69) is 29.4 Å². The number of anilines is 1. The Bertz CT molecular complexity index is 704. The molecule has 0 aliphatic carbocycles. The maximum atomic E-state index is 12.5. The highest BCUT2D eigenvalue weighted by Gasteiger charge is 2.32. The van der Waals surface area contributed by atoms with Crippen molar-refractivity contribution in [3.05, 3.63) is 53.3 Å². The number of carbonyl (C=O) groups is 2. The van der Waals surface area contributed by atoms with Crippen LogP contribution < -0.4 is 15.5 Å². The molecule has 6 nitrogen and oxygen atoms in total. The second-order valence-corrected chi connectivity index (χ2v) is 6.00. The lowest BCUT2D eigenvalue weighted by Gasteiger charge is -2.28. The lowest BCUT2D eigenvalue weighted by Crippen LogP contribution is -2.45. The number of allylic oxidation sites excluding steroid dienone is 2. The lowest BCUT2D eigenvalue weighted by atomic mass is 9.95. The minimum atomic E-state index is -0.535. The minimum absolute atomic E-state index is 0.202. The van der Waals surface area contributed by atoms with E-state index in [1.54, 1.807) is 13.0 Å². The average Bonchev–Trinajstić information content (AvgIpc) is 2.62. The van der Waals surface area contributed by atoms with Crippen LogP contribution in [0, 0.1) is 0 Å². The lowest BCUT2D eigenvalue weighted by molar-refractivity contribution is -0.138. The van der Waals surface area contributed by atoms with Gasteiger partial charge in [-0.1, -0.05) is 24.3 Å². The van der Waals surface area contributed by atoms with E-state index >= 15 is 0 Å². The summed E-state index contributed by atoms with van der Waals surface area (Å²) in [6.45, 7) is 9.82. The van der Waals surface area contributed by atoms with E-state index in [1.807, 2.05) is 37.3 Å². The largest absolute Gasteiger partial charge is 0.458 e. The van der Waals surface area contributed by atoms with Crippen LogP contribution in [-0.4, -0.2) is 31.7 Å². The van der Waals surface area contributed by atoms with Crippen LogP contribution in [0.1, 0.15) is 39.3 Å². The number of amides is 2. The maximum Gasteiger partial charge on any atom is 0.338 e. The van der Waals surface area contributed by atoms with Gasteiger partial charge >= 0.3 is 12.0 Å². The van der Waals surface area contributed by atoms with E-state index in [1.165, 1.54) is 0 Å². The van der Waals surface area contributed by atoms with Crippen molar-refractivity contribution in [2.24, 2.45) is 0 Å². The summed E-state index contributed by atoms with van der Waals surface area (Å²) < 4.78 is 5.29. The van der Waals surface area contributed by atoms with Crippen molar-refractivity contribution in [3.63, 3.8) is 0 Å². The van der Waals surface area contributed by atoms with Gasteiger partial charge in [-0.25, -0.2) is 9.59 Å². The molecule has 0 aromatic heterocycles. The fraction of sp³-hybridized carbons (Fsp3) is 0.400. The number of esters is 1. The monoisotopic (exact) mass is 357 g/mol. The van der Waals surface area contributed by atoms with Crippen LogP contribution in [0.4, 0.5) is 10.5 Å². The predicted molar refractivity (Wildman–Crippen MR) is 103 cm³/mol. The molecule has 1 aromatic rings. The summed E-state index contributed by atoms with van der Waals surface area (Å²) in [4.78, 5) is 26.7. The molecule has 0 spiro atoms. The SMILES string of the molecule is C/C=C/COC(=O)C1=C(C)NC(=O)N[C@H]1c1ccc(N(CC)CC)cc1. The zero-order valence-corrected chi connectivity index (χ0v) is 15.8. The molecule has 6 heteroatoms. The van der Waals surface area contributed by atoms with Gasteiger partial charge in [0.25, 0.3) is 0 Å². The van der Waals surface area contributed by atoms with Crippen LogP contribution in [0.2, 0.25) is 0 Å². The molecule has 2 rings (SSSR count). The van der Waals surface area contributed by atoms with Gasteiger partial charge in [-0.05, 0) is 45.4 Å². The summed E-state index contributed by atoms with van der Waals surface area (Å²) in [5, 5.41) is 5.47. The van der Waals surface area contributed by atoms with Crippen molar-refractivity contribution in [1.29, 1.82) is 0 Å². The molecular formula is C20H27N3O3. The molecular weight excluding hydrogens is 330 g/mol. The standard InChI is InChI=1S/C20H27N3O3/c1-5-8-13-26-19(24)17-14(4)21-20(25)22-18(17)15-9-11-16(12-10-15)23(6-2)7-3/h5,8-12,18H,6-7,13H2,1-4H3,(H2,21,22,25)/b8-5+/t18-/m0/s1. The second-order valence-electron chi connectivity index (χ2n) is 6.00. The number of ether oxygens (including phenoxy) is 1. The Hall–Kier alpha value is -2.76. The Labute approximate surface area is 154 Å². The van der Waals surface area contributed by atoms with Crippen LogP contribution in [-0.2, 0) is 9.53 Å². The van der Waals surface area contributed by atoms with Gasteiger partial charge in [0, 0.05) is 24.5 Å². The Balaban J connectivity index is 2.30. The third-order valence-electron chi connectivity index (χ3n) is 4.39. The number of urea groups is 1. The minimum Gasteiger partial charge on any atom is -0.458 e. The van der Waals surface area contributed by atoms with E-state index in [0.29, 0.717) is 11.3 Å². The molecule has 0 saturated heterocycles. The third kappa shape index (κ3) is 4.45. The molecule has 1 aliphatic heterocycles. The fourth-order valence-corrected chi connectivity index (χ4v) is 2.98. The Kier molecular flexibility index (Phi) is 6.83. The van der Waals surface area contributed by atoms with Crippen molar-refractivity contribution < 1.29 is 14.3 Å². The van der Waals surface area contributed by atoms with Crippen LogP contribution in [0.15, 0.2) is 47.7 Å².